The maximum absolute atomic E-state index is 13.8. The molecule has 4 aromatic rings. The molecule has 1 saturated heterocycles. The van der Waals surface area contributed by atoms with E-state index in [1.54, 1.807) is 30.5 Å². The molecule has 2 aromatic carbocycles. The third kappa shape index (κ3) is 6.90. The number of piperidine rings is 1. The van der Waals surface area contributed by atoms with Crippen molar-refractivity contribution in [2.45, 2.75) is 57.8 Å². The van der Waals surface area contributed by atoms with Gasteiger partial charge in [0, 0.05) is 38.9 Å². The molecular formula is C35H36Cl2F3N7O2. The van der Waals surface area contributed by atoms with Gasteiger partial charge in [0.25, 0.3) is 11.8 Å². The number of benzene rings is 2. The Bertz CT molecular complexity index is 1930. The second-order valence-electron chi connectivity index (χ2n) is 13.5. The average Bonchev–Trinajstić information content (AvgIpc) is 3.55. The molecule has 0 bridgehead atoms. The third-order valence-corrected chi connectivity index (χ3v) is 10.8. The zero-order chi connectivity index (χ0) is 34.6. The molecule has 14 heteroatoms. The molecule has 49 heavy (non-hydrogen) atoms. The lowest BCUT2D eigenvalue weighted by Gasteiger charge is -2.31. The summed E-state index contributed by atoms with van der Waals surface area (Å²) in [4.78, 5) is 37.6. The van der Waals surface area contributed by atoms with E-state index in [-0.39, 0.29) is 50.1 Å². The van der Waals surface area contributed by atoms with Crippen LogP contribution in [-0.4, -0.2) is 51.7 Å². The van der Waals surface area contributed by atoms with Crippen LogP contribution in [0.4, 0.5) is 30.5 Å². The number of aromatic nitrogens is 3. The van der Waals surface area contributed by atoms with Gasteiger partial charge < -0.3 is 25.4 Å². The van der Waals surface area contributed by atoms with Crippen molar-refractivity contribution in [1.82, 2.24) is 25.2 Å². The normalized spacial score (nSPS) is 21.8. The first kappa shape index (κ1) is 33.5. The number of hydrogen-bond donors (Lipinski definition) is 3. The predicted molar refractivity (Wildman–Crippen MR) is 184 cm³/mol. The van der Waals surface area contributed by atoms with Gasteiger partial charge in [-0.3, -0.25) is 14.6 Å². The Hall–Kier alpha value is -4.03. The second kappa shape index (κ2) is 13.0. The SMILES string of the molecule is Cc1ccnc(C(=O)NCc2ccc(Cl)c(Nc3nc4cc(C(=O)NC5CCC(C(F)(F)F)CC5)c(N5CC6CC6C5)cc4n3C)c2Cl)c1. The minimum absolute atomic E-state index is 0.00765. The van der Waals surface area contributed by atoms with E-state index in [4.69, 9.17) is 28.2 Å². The number of nitrogens with zero attached hydrogens (tertiary/aromatic N) is 4. The predicted octanol–water partition coefficient (Wildman–Crippen LogP) is 7.56. The number of anilines is 3. The fourth-order valence-corrected chi connectivity index (χ4v) is 7.62. The van der Waals surface area contributed by atoms with Crippen molar-refractivity contribution < 1.29 is 22.8 Å². The minimum atomic E-state index is -4.21. The molecule has 1 aliphatic heterocycles. The van der Waals surface area contributed by atoms with E-state index in [1.165, 1.54) is 6.42 Å². The number of alkyl halides is 3. The van der Waals surface area contributed by atoms with Gasteiger partial charge in [-0.25, -0.2) is 4.98 Å². The Morgan fingerprint density at radius 3 is 2.43 bits per heavy atom. The maximum atomic E-state index is 13.8. The van der Waals surface area contributed by atoms with Crippen molar-refractivity contribution in [2.24, 2.45) is 24.8 Å². The van der Waals surface area contributed by atoms with Crippen LogP contribution in [0.5, 0.6) is 0 Å². The first-order chi connectivity index (χ1) is 23.4. The molecule has 7 rings (SSSR count). The molecule has 9 nitrogen and oxygen atoms in total. The van der Waals surface area contributed by atoms with Crippen LogP contribution in [0, 0.1) is 24.7 Å². The number of fused-ring (bicyclic) bond motifs is 2. The van der Waals surface area contributed by atoms with Crippen LogP contribution in [0.2, 0.25) is 10.0 Å². The Morgan fingerprint density at radius 1 is 1.00 bits per heavy atom. The topological polar surface area (TPSA) is 104 Å². The fourth-order valence-electron chi connectivity index (χ4n) is 7.09. The van der Waals surface area contributed by atoms with E-state index in [1.807, 2.05) is 30.7 Å². The van der Waals surface area contributed by atoms with Crippen molar-refractivity contribution in [2.75, 3.05) is 23.3 Å². The molecule has 2 atom stereocenters. The number of pyridine rings is 1. The van der Waals surface area contributed by atoms with Gasteiger partial charge in [0.15, 0.2) is 0 Å². The molecule has 3 fully saturated rings. The van der Waals surface area contributed by atoms with E-state index in [2.05, 4.69) is 25.8 Å². The summed E-state index contributed by atoms with van der Waals surface area (Å²) in [5.74, 6) is -0.304. The smallest absolute Gasteiger partial charge is 0.370 e. The molecule has 3 aliphatic rings. The van der Waals surface area contributed by atoms with Gasteiger partial charge in [0.05, 0.1) is 43.9 Å². The van der Waals surface area contributed by atoms with Crippen LogP contribution >= 0.6 is 23.2 Å². The quantitative estimate of drug-likeness (QED) is 0.174. The van der Waals surface area contributed by atoms with E-state index in [9.17, 15) is 22.8 Å². The van der Waals surface area contributed by atoms with Crippen molar-refractivity contribution in [3.63, 3.8) is 0 Å². The van der Waals surface area contributed by atoms with Crippen LogP contribution in [0.3, 0.4) is 0 Å². The minimum Gasteiger partial charge on any atom is -0.370 e. The van der Waals surface area contributed by atoms with E-state index < -0.39 is 12.1 Å². The van der Waals surface area contributed by atoms with Crippen molar-refractivity contribution >= 4 is 63.4 Å². The number of halogens is 5. The summed E-state index contributed by atoms with van der Waals surface area (Å²) in [6.45, 7) is 3.72. The number of hydrogen-bond acceptors (Lipinski definition) is 6. The first-order valence-electron chi connectivity index (χ1n) is 16.4. The molecule has 2 aromatic heterocycles. The lowest BCUT2D eigenvalue weighted by Crippen LogP contribution is -2.40. The van der Waals surface area contributed by atoms with Gasteiger partial charge >= 0.3 is 6.18 Å². The van der Waals surface area contributed by atoms with E-state index >= 15 is 0 Å². The van der Waals surface area contributed by atoms with Crippen molar-refractivity contribution in [3.05, 3.63) is 75.0 Å². The number of amides is 2. The van der Waals surface area contributed by atoms with Crippen LogP contribution in [0.1, 0.15) is 64.1 Å². The van der Waals surface area contributed by atoms with Gasteiger partial charge in [0.1, 0.15) is 5.69 Å². The van der Waals surface area contributed by atoms with Gasteiger partial charge in [-0.2, -0.15) is 13.2 Å². The Balaban J connectivity index is 1.13. The number of rotatable bonds is 8. The monoisotopic (exact) mass is 713 g/mol. The van der Waals surface area contributed by atoms with Crippen molar-refractivity contribution in [3.8, 4) is 0 Å². The molecule has 2 amide bonds. The highest BCUT2D eigenvalue weighted by Crippen LogP contribution is 2.47. The van der Waals surface area contributed by atoms with Crippen LogP contribution < -0.4 is 20.9 Å². The average molecular weight is 715 g/mol. The van der Waals surface area contributed by atoms with Gasteiger partial charge in [0.2, 0.25) is 5.95 Å². The lowest BCUT2D eigenvalue weighted by molar-refractivity contribution is -0.182. The fraction of sp³-hybridized carbons (Fsp3) is 0.429. The number of nitrogens with one attached hydrogen (secondary N) is 3. The molecule has 2 unspecified atom stereocenters. The maximum Gasteiger partial charge on any atom is 0.391 e. The Kier molecular flexibility index (Phi) is 8.89. The Morgan fingerprint density at radius 2 is 1.73 bits per heavy atom. The number of imidazole rings is 1. The summed E-state index contributed by atoms with van der Waals surface area (Å²) in [7, 11) is 1.85. The number of carbonyl (C=O) groups is 2. The summed E-state index contributed by atoms with van der Waals surface area (Å²) in [6, 6.07) is 10.3. The second-order valence-corrected chi connectivity index (χ2v) is 14.3. The molecule has 0 spiro atoms. The number of aryl methyl sites for hydroxylation is 2. The van der Waals surface area contributed by atoms with Gasteiger partial charge in [-0.05, 0) is 92.3 Å². The third-order valence-electron chi connectivity index (χ3n) is 10.1. The van der Waals surface area contributed by atoms with Gasteiger partial charge in [-0.15, -0.1) is 0 Å². The standard InChI is InChI=1S/C35H36Cl2F3N7O2/c1-18-9-10-41-27(11-18)33(49)42-15-19-3-8-25(36)31(30(19)37)45-34-44-26-13-24(32(48)43-23-6-4-22(5-7-23)35(38,39)40)28(14-29(26)46(34)2)47-16-20-12-21(20)17-47/h3,8-11,13-14,20-23H,4-7,12,15-17H2,1-2H3,(H,42,49)(H,43,48)(H,44,45). The first-order valence-corrected chi connectivity index (χ1v) is 17.2. The zero-order valence-corrected chi connectivity index (χ0v) is 28.5. The van der Waals surface area contributed by atoms with Crippen LogP contribution in [0.15, 0.2) is 42.6 Å². The summed E-state index contributed by atoms with van der Waals surface area (Å²) >= 11 is 13.4. The molecule has 2 aliphatic carbocycles. The highest BCUT2D eigenvalue weighted by atomic mass is 35.5. The van der Waals surface area contributed by atoms with Gasteiger partial charge in [-0.1, -0.05) is 29.3 Å². The largest absolute Gasteiger partial charge is 0.391 e. The Labute approximate surface area is 291 Å². The van der Waals surface area contributed by atoms with E-state index in [0.717, 1.165) is 29.9 Å². The highest BCUT2D eigenvalue weighted by Gasteiger charge is 2.46. The van der Waals surface area contributed by atoms with Crippen molar-refractivity contribution in [1.29, 1.82) is 0 Å². The molecule has 3 heterocycles. The molecule has 2 saturated carbocycles. The molecule has 3 N–H and O–H groups in total. The van der Waals surface area contributed by atoms with E-state index in [0.29, 0.717) is 55.9 Å². The summed E-state index contributed by atoms with van der Waals surface area (Å²) in [5, 5.41) is 9.79. The summed E-state index contributed by atoms with van der Waals surface area (Å²) in [6.07, 6.45) is -0.856. The highest BCUT2D eigenvalue weighted by molar-refractivity contribution is 6.39. The number of carbonyl (C=O) groups excluding carboxylic acids is 2. The summed E-state index contributed by atoms with van der Waals surface area (Å²) in [5.41, 5.74) is 4.84. The molecule has 0 radical (unpaired) electrons. The lowest BCUT2D eigenvalue weighted by atomic mass is 9.85. The molecule has 258 valence electrons. The zero-order valence-electron chi connectivity index (χ0n) is 27.0. The summed E-state index contributed by atoms with van der Waals surface area (Å²) < 4.78 is 41.6. The molecular weight excluding hydrogens is 678 g/mol. The van der Waals surface area contributed by atoms with Crippen LogP contribution in [0.25, 0.3) is 11.0 Å². The van der Waals surface area contributed by atoms with Crippen LogP contribution in [-0.2, 0) is 13.6 Å².